The quantitative estimate of drug-likeness (QED) is 0.255. The first-order valence-electron chi connectivity index (χ1n) is 10.3. The van der Waals surface area contributed by atoms with E-state index < -0.39 is 6.36 Å². The van der Waals surface area contributed by atoms with Gasteiger partial charge in [-0.15, -0.1) is 37.1 Å². The van der Waals surface area contributed by atoms with Crippen molar-refractivity contribution in [2.24, 2.45) is 4.99 Å². The monoisotopic (exact) mass is 542 g/mol. The van der Waals surface area contributed by atoms with Crippen molar-refractivity contribution in [3.63, 3.8) is 0 Å². The zero-order valence-corrected chi connectivity index (χ0v) is 20.5. The van der Waals surface area contributed by atoms with Crippen molar-refractivity contribution in [3.05, 3.63) is 29.8 Å². The highest BCUT2D eigenvalue weighted by molar-refractivity contribution is 14.0. The van der Waals surface area contributed by atoms with Gasteiger partial charge in [0.2, 0.25) is 0 Å². The predicted octanol–water partition coefficient (Wildman–Crippen LogP) is 4.73. The van der Waals surface area contributed by atoms with Gasteiger partial charge < -0.3 is 20.3 Å². The molecule has 0 spiro atoms. The Morgan fingerprint density at radius 3 is 2.53 bits per heavy atom. The largest absolute Gasteiger partial charge is 0.573 e. The average Bonchev–Trinajstić information content (AvgIpc) is 3.42. The molecule has 2 rings (SSSR count). The number of nitrogens with zero attached hydrogens (tertiary/aromatic N) is 2. The standard InChI is InChI=1S/C21H33F3N4O.HI/c1-5-28(6-2)13-9-10-15(3)26-20(25-4)27-18-14-17(18)16-11-7-8-12-19(16)29-21(22,23)24;/h7-8,11-12,15,17-18H,5-6,9-10,13-14H2,1-4H3,(H2,25,26,27);1H. The summed E-state index contributed by atoms with van der Waals surface area (Å²) in [6, 6.07) is 6.65. The van der Waals surface area contributed by atoms with E-state index >= 15 is 0 Å². The lowest BCUT2D eigenvalue weighted by molar-refractivity contribution is -0.274. The van der Waals surface area contributed by atoms with E-state index in [0.29, 0.717) is 11.5 Å². The maximum atomic E-state index is 12.6. The van der Waals surface area contributed by atoms with Crippen LogP contribution in [0.1, 0.15) is 51.5 Å². The molecule has 1 aromatic carbocycles. The van der Waals surface area contributed by atoms with Crippen LogP contribution in [0.2, 0.25) is 0 Å². The third-order valence-corrected chi connectivity index (χ3v) is 5.27. The lowest BCUT2D eigenvalue weighted by Crippen LogP contribution is -2.43. The second kappa shape index (κ2) is 12.6. The number of alkyl halides is 3. The summed E-state index contributed by atoms with van der Waals surface area (Å²) in [5.74, 6) is 0.536. The van der Waals surface area contributed by atoms with Crippen LogP contribution >= 0.6 is 24.0 Å². The minimum atomic E-state index is -4.69. The van der Waals surface area contributed by atoms with E-state index in [4.69, 9.17) is 0 Å². The Kier molecular flexibility index (Phi) is 11.2. The minimum Gasteiger partial charge on any atom is -0.405 e. The highest BCUT2D eigenvalue weighted by atomic mass is 127. The van der Waals surface area contributed by atoms with E-state index in [1.807, 2.05) is 0 Å². The number of hydrogen-bond donors (Lipinski definition) is 2. The fraction of sp³-hybridized carbons (Fsp3) is 0.667. The zero-order valence-electron chi connectivity index (χ0n) is 18.1. The number of rotatable bonds is 10. The molecule has 1 saturated carbocycles. The molecule has 0 aromatic heterocycles. The summed E-state index contributed by atoms with van der Waals surface area (Å²) in [5.41, 5.74) is 0.574. The Bertz CT molecular complexity index is 668. The number of hydrogen-bond acceptors (Lipinski definition) is 3. The van der Waals surface area contributed by atoms with Crippen LogP contribution < -0.4 is 15.4 Å². The SMILES string of the molecule is CCN(CC)CCCC(C)NC(=NC)NC1CC1c1ccccc1OC(F)(F)F.I. The molecule has 3 atom stereocenters. The van der Waals surface area contributed by atoms with Crippen molar-refractivity contribution in [3.8, 4) is 5.75 Å². The molecule has 1 aromatic rings. The number of benzene rings is 1. The second-order valence-corrected chi connectivity index (χ2v) is 7.47. The summed E-state index contributed by atoms with van der Waals surface area (Å²) < 4.78 is 42.1. The minimum absolute atomic E-state index is 0. The van der Waals surface area contributed by atoms with Crippen LogP contribution in [0.25, 0.3) is 0 Å². The van der Waals surface area contributed by atoms with Crippen molar-refractivity contribution in [1.29, 1.82) is 0 Å². The van der Waals surface area contributed by atoms with Crippen LogP contribution in [0.5, 0.6) is 5.75 Å². The van der Waals surface area contributed by atoms with Gasteiger partial charge in [0.15, 0.2) is 5.96 Å². The smallest absolute Gasteiger partial charge is 0.405 e. The molecule has 0 heterocycles. The highest BCUT2D eigenvalue weighted by Crippen LogP contribution is 2.45. The van der Waals surface area contributed by atoms with Crippen LogP contribution in [0, 0.1) is 0 Å². The molecule has 0 bridgehead atoms. The van der Waals surface area contributed by atoms with E-state index in [2.05, 4.69) is 46.0 Å². The lowest BCUT2D eigenvalue weighted by Gasteiger charge is -2.21. The van der Waals surface area contributed by atoms with E-state index in [-0.39, 0.29) is 47.7 Å². The van der Waals surface area contributed by atoms with Crippen LogP contribution in [0.3, 0.4) is 0 Å². The molecule has 0 radical (unpaired) electrons. The third kappa shape index (κ3) is 8.87. The summed E-state index contributed by atoms with van der Waals surface area (Å²) >= 11 is 0. The van der Waals surface area contributed by atoms with Gasteiger partial charge in [-0.1, -0.05) is 32.0 Å². The van der Waals surface area contributed by atoms with Crippen LogP contribution in [0.15, 0.2) is 29.3 Å². The van der Waals surface area contributed by atoms with Gasteiger partial charge in [0, 0.05) is 25.0 Å². The maximum absolute atomic E-state index is 12.6. The molecule has 0 aliphatic heterocycles. The van der Waals surface area contributed by atoms with Gasteiger partial charge in [-0.05, 0) is 57.5 Å². The molecular formula is C21H34F3IN4O. The fourth-order valence-electron chi connectivity index (χ4n) is 3.52. The maximum Gasteiger partial charge on any atom is 0.573 e. The van der Waals surface area contributed by atoms with Gasteiger partial charge in [-0.3, -0.25) is 4.99 Å². The molecule has 1 fully saturated rings. The van der Waals surface area contributed by atoms with Crippen LogP contribution in [0.4, 0.5) is 13.2 Å². The number of para-hydroxylation sites is 1. The molecular weight excluding hydrogens is 508 g/mol. The Morgan fingerprint density at radius 1 is 1.27 bits per heavy atom. The first-order valence-corrected chi connectivity index (χ1v) is 10.3. The molecule has 9 heteroatoms. The lowest BCUT2D eigenvalue weighted by atomic mass is 10.1. The van der Waals surface area contributed by atoms with Gasteiger partial charge in [-0.2, -0.15) is 0 Å². The molecule has 2 N–H and O–H groups in total. The number of halogens is 4. The van der Waals surface area contributed by atoms with Gasteiger partial charge in [0.25, 0.3) is 0 Å². The van der Waals surface area contributed by atoms with Crippen LogP contribution in [-0.2, 0) is 0 Å². The molecule has 0 saturated heterocycles. The normalized spacial score (nSPS) is 19.8. The first kappa shape index (κ1) is 26.8. The zero-order chi connectivity index (χ0) is 21.4. The Morgan fingerprint density at radius 2 is 1.93 bits per heavy atom. The van der Waals surface area contributed by atoms with Gasteiger partial charge in [-0.25, -0.2) is 0 Å². The van der Waals surface area contributed by atoms with Crippen molar-refractivity contribution >= 4 is 29.9 Å². The number of ether oxygens (including phenoxy) is 1. The molecule has 0 amide bonds. The Balaban J connectivity index is 0.00000450. The van der Waals surface area contributed by atoms with Crippen LogP contribution in [-0.4, -0.2) is 56.0 Å². The van der Waals surface area contributed by atoms with Crippen molar-refractivity contribution in [2.75, 3.05) is 26.7 Å². The number of guanidine groups is 1. The summed E-state index contributed by atoms with van der Waals surface area (Å²) in [6.07, 6.45) is -1.82. The number of nitrogens with one attached hydrogen (secondary N) is 2. The molecule has 30 heavy (non-hydrogen) atoms. The van der Waals surface area contributed by atoms with E-state index in [9.17, 15) is 13.2 Å². The predicted molar refractivity (Wildman–Crippen MR) is 126 cm³/mol. The summed E-state index contributed by atoms with van der Waals surface area (Å²) in [6.45, 7) is 9.65. The van der Waals surface area contributed by atoms with Gasteiger partial charge in [0.1, 0.15) is 5.75 Å². The molecule has 3 unspecified atom stereocenters. The first-order chi connectivity index (χ1) is 13.8. The molecule has 172 valence electrons. The van der Waals surface area contributed by atoms with Gasteiger partial charge >= 0.3 is 6.36 Å². The Labute approximate surface area is 194 Å². The summed E-state index contributed by atoms with van der Waals surface area (Å²) in [4.78, 5) is 6.66. The molecule has 5 nitrogen and oxygen atoms in total. The molecule has 1 aliphatic carbocycles. The number of aliphatic imine (C=N–C) groups is 1. The van der Waals surface area contributed by atoms with E-state index in [1.54, 1.807) is 25.2 Å². The van der Waals surface area contributed by atoms with E-state index in [0.717, 1.165) is 38.9 Å². The molecule has 1 aliphatic rings. The summed E-state index contributed by atoms with van der Waals surface area (Å²) in [5, 5.41) is 6.71. The third-order valence-electron chi connectivity index (χ3n) is 5.27. The Hall–Kier alpha value is -1.23. The van der Waals surface area contributed by atoms with E-state index in [1.165, 1.54) is 6.07 Å². The second-order valence-electron chi connectivity index (χ2n) is 7.47. The summed E-state index contributed by atoms with van der Waals surface area (Å²) in [7, 11) is 1.70. The van der Waals surface area contributed by atoms with Crippen molar-refractivity contribution < 1.29 is 17.9 Å². The van der Waals surface area contributed by atoms with Crippen molar-refractivity contribution in [1.82, 2.24) is 15.5 Å². The van der Waals surface area contributed by atoms with Crippen molar-refractivity contribution in [2.45, 2.75) is 64.4 Å². The topological polar surface area (TPSA) is 48.9 Å². The fourth-order valence-corrected chi connectivity index (χ4v) is 3.52. The highest BCUT2D eigenvalue weighted by Gasteiger charge is 2.42. The van der Waals surface area contributed by atoms with Gasteiger partial charge in [0.05, 0.1) is 0 Å². The average molecular weight is 542 g/mol.